The van der Waals surface area contributed by atoms with Gasteiger partial charge < -0.3 is 0 Å². The lowest BCUT2D eigenvalue weighted by molar-refractivity contribution is -0.0634. The molecular weight excluding hydrogens is 376 g/mol. The van der Waals surface area contributed by atoms with E-state index < -0.39 is 0 Å². The number of carbonyl (C=O) groups excluding carboxylic acids is 1. The molecule has 0 saturated heterocycles. The molecule has 6 rings (SSSR count). The fraction of sp³-hybridized carbons (Fsp3) is 0.633. The highest BCUT2D eigenvalue weighted by molar-refractivity contribution is 6.01. The Kier molecular flexibility index (Phi) is 4.82. The summed E-state index contributed by atoms with van der Waals surface area (Å²) in [6, 6.07) is 14.8. The first-order valence-electron chi connectivity index (χ1n) is 13.1. The normalized spacial score (nSPS) is 41.9. The molecule has 8 atom stereocenters. The summed E-state index contributed by atoms with van der Waals surface area (Å²) in [6.07, 6.45) is 12.4. The van der Waals surface area contributed by atoms with Crippen molar-refractivity contribution in [1.29, 1.82) is 0 Å². The monoisotopic (exact) mass is 414 g/mol. The van der Waals surface area contributed by atoms with Crippen molar-refractivity contribution in [3.8, 4) is 0 Å². The van der Waals surface area contributed by atoms with E-state index in [0.717, 1.165) is 47.5 Å². The van der Waals surface area contributed by atoms with Gasteiger partial charge in [0, 0.05) is 11.5 Å². The zero-order valence-corrected chi connectivity index (χ0v) is 19.4. The number of hydrogen-bond donors (Lipinski definition) is 0. The zero-order chi connectivity index (χ0) is 21.2. The smallest absolute Gasteiger partial charge is 0.166 e. The molecule has 0 heterocycles. The number of carbonyl (C=O) groups is 1. The molecule has 0 bridgehead atoms. The van der Waals surface area contributed by atoms with E-state index in [-0.39, 0.29) is 11.3 Å². The molecule has 0 radical (unpaired) electrons. The molecule has 4 aliphatic rings. The lowest BCUT2D eigenvalue weighted by Gasteiger charge is -2.56. The molecule has 4 aliphatic carbocycles. The molecule has 4 saturated carbocycles. The van der Waals surface area contributed by atoms with Gasteiger partial charge in [-0.2, -0.15) is 0 Å². The van der Waals surface area contributed by atoms with Crippen LogP contribution in [-0.2, 0) is 0 Å². The number of benzene rings is 2. The minimum absolute atomic E-state index is 0.221. The van der Waals surface area contributed by atoms with Crippen LogP contribution in [0.1, 0.15) is 82.0 Å². The van der Waals surface area contributed by atoms with Crippen LogP contribution in [0.4, 0.5) is 0 Å². The van der Waals surface area contributed by atoms with E-state index in [2.05, 4.69) is 56.3 Å². The van der Waals surface area contributed by atoms with E-state index in [1.165, 1.54) is 62.1 Å². The molecule has 4 fully saturated rings. The topological polar surface area (TPSA) is 17.1 Å². The van der Waals surface area contributed by atoms with Crippen LogP contribution in [0.25, 0.3) is 10.8 Å². The van der Waals surface area contributed by atoms with Crippen molar-refractivity contribution < 1.29 is 4.79 Å². The molecule has 2 aromatic rings. The van der Waals surface area contributed by atoms with Crippen LogP contribution >= 0.6 is 0 Å². The first-order chi connectivity index (χ1) is 15.0. The molecule has 2 aromatic carbocycles. The largest absolute Gasteiger partial charge is 0.294 e. The standard InChI is InChI=1S/C30H38O/c1-19-7-11-24-22(17-19)10-12-26-25(24)15-16-30(2)27(26)13-14-28(30)29(31)23-9-8-20-5-3-4-6-21(20)18-23/h3-6,8-9,18-19,22,24-28H,7,10-17H2,1-2H3/t19-,22?,24-,25?,26?,27?,28+,30-/m0/s1. The van der Waals surface area contributed by atoms with Crippen LogP contribution in [-0.4, -0.2) is 5.78 Å². The van der Waals surface area contributed by atoms with Gasteiger partial charge in [0.2, 0.25) is 0 Å². The molecule has 0 spiro atoms. The Morgan fingerprint density at radius 2 is 1.65 bits per heavy atom. The molecule has 4 unspecified atom stereocenters. The molecule has 1 nitrogen and oxygen atoms in total. The van der Waals surface area contributed by atoms with Crippen molar-refractivity contribution in [2.75, 3.05) is 0 Å². The SMILES string of the molecule is C[C@H]1CC[C@H]2C(CCC3C2CC[C@@]2(C)C3CC[C@@H]2C(=O)c2ccc3ccccc3c2)C1. The Hall–Kier alpha value is -1.63. The van der Waals surface area contributed by atoms with E-state index in [0.29, 0.717) is 5.78 Å². The van der Waals surface area contributed by atoms with Crippen molar-refractivity contribution in [2.24, 2.45) is 46.8 Å². The summed E-state index contributed by atoms with van der Waals surface area (Å²) in [5, 5.41) is 2.43. The summed E-state index contributed by atoms with van der Waals surface area (Å²) in [6.45, 7) is 4.97. The zero-order valence-electron chi connectivity index (χ0n) is 19.4. The lowest BCUT2D eigenvalue weighted by Crippen LogP contribution is -2.49. The molecule has 31 heavy (non-hydrogen) atoms. The van der Waals surface area contributed by atoms with E-state index in [4.69, 9.17) is 0 Å². The Bertz CT molecular complexity index is 991. The predicted octanol–water partition coefficient (Wildman–Crippen LogP) is 7.93. The molecule has 0 aromatic heterocycles. The third-order valence-corrected chi connectivity index (χ3v) is 10.6. The van der Waals surface area contributed by atoms with E-state index in [1.54, 1.807) is 0 Å². The van der Waals surface area contributed by atoms with Crippen LogP contribution in [0.3, 0.4) is 0 Å². The second-order valence-electron chi connectivity index (χ2n) is 12.0. The highest BCUT2D eigenvalue weighted by Gasteiger charge is 2.58. The lowest BCUT2D eigenvalue weighted by atomic mass is 9.49. The Labute approximate surface area is 188 Å². The van der Waals surface area contributed by atoms with Gasteiger partial charge in [-0.25, -0.2) is 0 Å². The summed E-state index contributed by atoms with van der Waals surface area (Å²) in [5.74, 6) is 6.23. The highest BCUT2D eigenvalue weighted by atomic mass is 16.1. The Morgan fingerprint density at radius 1 is 0.839 bits per heavy atom. The third-order valence-electron chi connectivity index (χ3n) is 10.6. The number of Topliss-reactive ketones (excluding diaryl/α,β-unsaturated/α-hetero) is 1. The van der Waals surface area contributed by atoms with Crippen LogP contribution in [0.2, 0.25) is 0 Å². The quantitative estimate of drug-likeness (QED) is 0.456. The van der Waals surface area contributed by atoms with Crippen molar-refractivity contribution in [1.82, 2.24) is 0 Å². The molecule has 0 N–H and O–H groups in total. The maximum Gasteiger partial charge on any atom is 0.166 e. The molecule has 0 aliphatic heterocycles. The van der Waals surface area contributed by atoms with E-state index in [9.17, 15) is 4.79 Å². The van der Waals surface area contributed by atoms with Gasteiger partial charge in [-0.05, 0) is 109 Å². The Balaban J connectivity index is 1.25. The molecule has 1 heteroatoms. The van der Waals surface area contributed by atoms with E-state index >= 15 is 0 Å². The number of fused-ring (bicyclic) bond motifs is 6. The van der Waals surface area contributed by atoms with Crippen LogP contribution in [0, 0.1) is 46.8 Å². The Morgan fingerprint density at radius 3 is 2.52 bits per heavy atom. The minimum Gasteiger partial charge on any atom is -0.294 e. The van der Waals surface area contributed by atoms with Crippen molar-refractivity contribution in [2.45, 2.75) is 71.6 Å². The maximum atomic E-state index is 13.8. The van der Waals surface area contributed by atoms with Crippen molar-refractivity contribution in [3.63, 3.8) is 0 Å². The summed E-state index contributed by atoms with van der Waals surface area (Å²) in [4.78, 5) is 13.8. The minimum atomic E-state index is 0.221. The van der Waals surface area contributed by atoms with Gasteiger partial charge in [-0.15, -0.1) is 0 Å². The van der Waals surface area contributed by atoms with Crippen molar-refractivity contribution >= 4 is 16.6 Å². The van der Waals surface area contributed by atoms with Gasteiger partial charge in [0.1, 0.15) is 0 Å². The molecule has 164 valence electrons. The summed E-state index contributed by atoms with van der Waals surface area (Å²) in [7, 11) is 0. The van der Waals surface area contributed by atoms with Gasteiger partial charge in [0.25, 0.3) is 0 Å². The average molecular weight is 415 g/mol. The highest BCUT2D eigenvalue weighted by Crippen LogP contribution is 2.64. The van der Waals surface area contributed by atoms with Gasteiger partial charge in [0.15, 0.2) is 5.78 Å². The number of hydrogen-bond acceptors (Lipinski definition) is 1. The summed E-state index contributed by atoms with van der Waals surface area (Å²) in [5.41, 5.74) is 1.16. The third kappa shape index (κ3) is 3.13. The second kappa shape index (κ2) is 7.46. The molecule has 0 amide bonds. The molecular formula is C30H38O. The summed E-state index contributed by atoms with van der Waals surface area (Å²) >= 11 is 0. The second-order valence-corrected chi connectivity index (χ2v) is 12.0. The summed E-state index contributed by atoms with van der Waals surface area (Å²) < 4.78 is 0. The first kappa shape index (κ1) is 20.0. The fourth-order valence-corrected chi connectivity index (χ4v) is 9.06. The number of rotatable bonds is 2. The van der Waals surface area contributed by atoms with Crippen LogP contribution in [0.5, 0.6) is 0 Å². The van der Waals surface area contributed by atoms with Crippen LogP contribution < -0.4 is 0 Å². The van der Waals surface area contributed by atoms with Crippen LogP contribution in [0.15, 0.2) is 42.5 Å². The van der Waals surface area contributed by atoms with Gasteiger partial charge in [0.05, 0.1) is 0 Å². The number of ketones is 1. The van der Waals surface area contributed by atoms with Gasteiger partial charge in [-0.3, -0.25) is 4.79 Å². The average Bonchev–Trinajstić information content (AvgIpc) is 3.15. The first-order valence-corrected chi connectivity index (χ1v) is 13.1. The van der Waals surface area contributed by atoms with E-state index in [1.807, 2.05) is 0 Å². The van der Waals surface area contributed by atoms with Gasteiger partial charge >= 0.3 is 0 Å². The maximum absolute atomic E-state index is 13.8. The fourth-order valence-electron chi connectivity index (χ4n) is 9.06. The van der Waals surface area contributed by atoms with Gasteiger partial charge in [-0.1, -0.05) is 56.7 Å². The van der Waals surface area contributed by atoms with Crippen molar-refractivity contribution in [3.05, 3.63) is 48.0 Å². The predicted molar refractivity (Wildman–Crippen MR) is 128 cm³/mol.